The van der Waals surface area contributed by atoms with Crippen molar-refractivity contribution in [1.29, 1.82) is 0 Å². The molecule has 7 nitrogen and oxygen atoms in total. The van der Waals surface area contributed by atoms with Gasteiger partial charge in [-0.3, -0.25) is 10.1 Å². The molecule has 1 aliphatic heterocycles. The first-order valence-electron chi connectivity index (χ1n) is 8.46. The van der Waals surface area contributed by atoms with Gasteiger partial charge in [-0.05, 0) is 38.3 Å². The zero-order valence-electron chi connectivity index (χ0n) is 14.5. The number of carbonyl (C=O) groups excluding carboxylic acids is 2. The van der Waals surface area contributed by atoms with Crippen LogP contribution in [0.2, 0.25) is 0 Å². The minimum absolute atomic E-state index is 0.0894. The van der Waals surface area contributed by atoms with Gasteiger partial charge < -0.3 is 10.6 Å². The summed E-state index contributed by atoms with van der Waals surface area (Å²) in [5.41, 5.74) is 3.08. The molecule has 1 aromatic heterocycles. The average molecular weight is 341 g/mol. The second-order valence-corrected chi connectivity index (χ2v) is 6.46. The highest BCUT2D eigenvalue weighted by atomic mass is 16.2. The predicted molar refractivity (Wildman–Crippen MR) is 95.8 cm³/mol. The van der Waals surface area contributed by atoms with E-state index in [1.54, 1.807) is 4.68 Å². The number of carbonyl (C=O) groups is 2. The summed E-state index contributed by atoms with van der Waals surface area (Å²) in [6.45, 7) is 5.21. The molecule has 1 fully saturated rings. The zero-order valence-corrected chi connectivity index (χ0v) is 14.5. The van der Waals surface area contributed by atoms with Crippen LogP contribution in [0.25, 0.3) is 5.69 Å². The van der Waals surface area contributed by atoms with Crippen LogP contribution in [0.15, 0.2) is 30.3 Å². The third kappa shape index (κ3) is 4.37. The third-order valence-electron chi connectivity index (χ3n) is 4.31. The van der Waals surface area contributed by atoms with Gasteiger partial charge in [-0.2, -0.15) is 0 Å². The predicted octanol–water partition coefficient (Wildman–Crippen LogP) is 2.14. The molecule has 1 aliphatic rings. The third-order valence-corrected chi connectivity index (χ3v) is 4.31. The molecular weight excluding hydrogens is 318 g/mol. The number of amides is 3. The Hall–Kier alpha value is -2.83. The van der Waals surface area contributed by atoms with Gasteiger partial charge in [0.15, 0.2) is 5.82 Å². The Morgan fingerprint density at radius 3 is 2.76 bits per heavy atom. The lowest BCUT2D eigenvalue weighted by Crippen LogP contribution is -2.31. The van der Waals surface area contributed by atoms with Crippen LogP contribution in [0.3, 0.4) is 0 Å². The molecule has 2 aromatic rings. The Morgan fingerprint density at radius 2 is 2.08 bits per heavy atom. The number of hydrogen-bond acceptors (Lipinski definition) is 3. The van der Waals surface area contributed by atoms with Crippen molar-refractivity contribution in [1.82, 2.24) is 20.4 Å². The van der Waals surface area contributed by atoms with E-state index >= 15 is 0 Å². The van der Waals surface area contributed by atoms with Gasteiger partial charge in [0.1, 0.15) is 0 Å². The van der Waals surface area contributed by atoms with Gasteiger partial charge >= 0.3 is 6.03 Å². The van der Waals surface area contributed by atoms with E-state index in [-0.39, 0.29) is 11.9 Å². The molecule has 3 amide bonds. The fraction of sp³-hybridized carbons (Fsp3) is 0.389. The summed E-state index contributed by atoms with van der Waals surface area (Å²) < 4.78 is 1.80. The molecule has 2 heterocycles. The smallest absolute Gasteiger partial charge is 0.320 e. The summed E-state index contributed by atoms with van der Waals surface area (Å²) in [7, 11) is 0. The average Bonchev–Trinajstić information content (AvgIpc) is 3.14. The van der Waals surface area contributed by atoms with Gasteiger partial charge in [-0.15, -0.1) is 5.10 Å². The van der Waals surface area contributed by atoms with E-state index in [2.05, 4.69) is 21.0 Å². The molecule has 132 valence electrons. The fourth-order valence-electron chi connectivity index (χ4n) is 2.90. The minimum atomic E-state index is -0.286. The zero-order chi connectivity index (χ0) is 17.8. The van der Waals surface area contributed by atoms with Gasteiger partial charge in [0.2, 0.25) is 5.91 Å². The second-order valence-electron chi connectivity index (χ2n) is 6.46. The van der Waals surface area contributed by atoms with E-state index in [4.69, 9.17) is 0 Å². The molecule has 25 heavy (non-hydrogen) atoms. The van der Waals surface area contributed by atoms with Crippen molar-refractivity contribution >= 4 is 17.8 Å². The molecule has 0 bridgehead atoms. The number of aromatic nitrogens is 2. The number of rotatable bonds is 5. The summed E-state index contributed by atoms with van der Waals surface area (Å²) in [6, 6.07) is 9.59. The van der Waals surface area contributed by atoms with Crippen LogP contribution in [0.4, 0.5) is 10.6 Å². The minimum Gasteiger partial charge on any atom is -0.356 e. The quantitative estimate of drug-likeness (QED) is 0.778. The Balaban J connectivity index is 1.52. The van der Waals surface area contributed by atoms with Gasteiger partial charge in [0.25, 0.3) is 0 Å². The molecule has 1 aromatic carbocycles. The van der Waals surface area contributed by atoms with Crippen molar-refractivity contribution in [2.45, 2.75) is 26.7 Å². The maximum absolute atomic E-state index is 12.0. The monoisotopic (exact) mass is 341 g/mol. The standard InChI is InChI=1S/C18H23N5O2/c1-12-3-5-15(6-4-12)23-13(2)9-16(22-23)21-18(25)19-8-7-14-10-17(24)20-11-14/h3-6,9,14H,7-8,10-11H2,1-2H3,(H,20,24)(H2,19,21,22,25). The summed E-state index contributed by atoms with van der Waals surface area (Å²) in [5.74, 6) is 0.899. The Kier molecular flexibility index (Phi) is 5.02. The number of benzene rings is 1. The number of nitrogens with zero attached hydrogens (tertiary/aromatic N) is 2. The molecule has 1 saturated heterocycles. The summed E-state index contributed by atoms with van der Waals surface area (Å²) in [5, 5.41) is 12.8. The summed E-state index contributed by atoms with van der Waals surface area (Å²) in [6.07, 6.45) is 1.33. The van der Waals surface area contributed by atoms with Crippen LogP contribution in [0, 0.1) is 19.8 Å². The molecule has 3 N–H and O–H groups in total. The van der Waals surface area contributed by atoms with Crippen LogP contribution < -0.4 is 16.0 Å². The van der Waals surface area contributed by atoms with E-state index in [9.17, 15) is 9.59 Å². The number of anilines is 1. The van der Waals surface area contributed by atoms with Gasteiger partial charge in [0.05, 0.1) is 5.69 Å². The van der Waals surface area contributed by atoms with E-state index in [1.807, 2.05) is 44.2 Å². The van der Waals surface area contributed by atoms with Gasteiger partial charge in [0, 0.05) is 31.3 Å². The number of hydrogen-bond donors (Lipinski definition) is 3. The Labute approximate surface area is 146 Å². The molecular formula is C18H23N5O2. The summed E-state index contributed by atoms with van der Waals surface area (Å²) >= 11 is 0. The topological polar surface area (TPSA) is 88.1 Å². The Bertz CT molecular complexity index is 766. The lowest BCUT2D eigenvalue weighted by molar-refractivity contribution is -0.119. The lowest BCUT2D eigenvalue weighted by Gasteiger charge is -2.08. The highest BCUT2D eigenvalue weighted by Crippen LogP contribution is 2.16. The van der Waals surface area contributed by atoms with Crippen molar-refractivity contribution in [3.63, 3.8) is 0 Å². The van der Waals surface area contributed by atoms with Crippen LogP contribution in [0.1, 0.15) is 24.1 Å². The molecule has 0 spiro atoms. The van der Waals surface area contributed by atoms with Crippen molar-refractivity contribution < 1.29 is 9.59 Å². The molecule has 7 heteroatoms. The van der Waals surface area contributed by atoms with E-state index < -0.39 is 0 Å². The number of aryl methyl sites for hydroxylation is 2. The first kappa shape index (κ1) is 17.0. The highest BCUT2D eigenvalue weighted by Gasteiger charge is 2.20. The molecule has 0 radical (unpaired) electrons. The molecule has 1 unspecified atom stereocenters. The van der Waals surface area contributed by atoms with E-state index in [0.717, 1.165) is 17.8 Å². The van der Waals surface area contributed by atoms with E-state index in [0.29, 0.717) is 31.2 Å². The molecule has 0 aliphatic carbocycles. The first-order chi connectivity index (χ1) is 12.0. The van der Waals surface area contributed by atoms with Crippen molar-refractivity contribution in [3.05, 3.63) is 41.6 Å². The molecule has 1 atom stereocenters. The van der Waals surface area contributed by atoms with Gasteiger partial charge in [-0.1, -0.05) is 17.7 Å². The summed E-state index contributed by atoms with van der Waals surface area (Å²) in [4.78, 5) is 23.1. The van der Waals surface area contributed by atoms with E-state index in [1.165, 1.54) is 5.56 Å². The van der Waals surface area contributed by atoms with Crippen molar-refractivity contribution in [2.75, 3.05) is 18.4 Å². The SMILES string of the molecule is Cc1ccc(-n2nc(NC(=O)NCCC3CNC(=O)C3)cc2C)cc1. The van der Waals surface area contributed by atoms with Crippen LogP contribution >= 0.6 is 0 Å². The van der Waals surface area contributed by atoms with Crippen LogP contribution in [-0.4, -0.2) is 34.8 Å². The lowest BCUT2D eigenvalue weighted by atomic mass is 10.1. The highest BCUT2D eigenvalue weighted by molar-refractivity contribution is 5.88. The Morgan fingerprint density at radius 1 is 1.32 bits per heavy atom. The molecule has 0 saturated carbocycles. The largest absolute Gasteiger partial charge is 0.356 e. The normalized spacial score (nSPS) is 16.6. The molecule has 3 rings (SSSR count). The maximum Gasteiger partial charge on any atom is 0.320 e. The van der Waals surface area contributed by atoms with Crippen molar-refractivity contribution in [3.8, 4) is 5.69 Å². The fourth-order valence-corrected chi connectivity index (χ4v) is 2.90. The van der Waals surface area contributed by atoms with Gasteiger partial charge in [-0.25, -0.2) is 9.48 Å². The maximum atomic E-state index is 12.0. The number of urea groups is 1. The van der Waals surface area contributed by atoms with Crippen molar-refractivity contribution in [2.24, 2.45) is 5.92 Å². The first-order valence-corrected chi connectivity index (χ1v) is 8.46. The second kappa shape index (κ2) is 7.38. The van der Waals surface area contributed by atoms with Crippen LogP contribution in [-0.2, 0) is 4.79 Å². The number of nitrogens with one attached hydrogen (secondary N) is 3. The van der Waals surface area contributed by atoms with Crippen LogP contribution in [0.5, 0.6) is 0 Å².